The molecule has 0 amide bonds. The summed E-state index contributed by atoms with van der Waals surface area (Å²) in [7, 11) is 0. The van der Waals surface area contributed by atoms with Crippen LogP contribution in [0.3, 0.4) is 0 Å². The first-order chi connectivity index (χ1) is 54.4. The molecule has 3 aromatic carbocycles. The summed E-state index contributed by atoms with van der Waals surface area (Å²) >= 11 is 0. The molecule has 7 atom stereocenters. The summed E-state index contributed by atoms with van der Waals surface area (Å²) in [5.74, 6) is 1.01. The molecule has 0 aromatic heterocycles. The van der Waals surface area contributed by atoms with Crippen LogP contribution in [0.2, 0.25) is 0 Å². The molecule has 666 valence electrons. The molecule has 3 aromatic rings. The average Bonchev–Trinajstić information content (AvgIpc) is 1.11. The monoisotopic (exact) mass is 1650 g/mol. The van der Waals surface area contributed by atoms with E-state index in [2.05, 4.69) is 46.3 Å². The molecule has 5 saturated carbocycles. The lowest BCUT2D eigenvalue weighted by molar-refractivity contribution is -0.264. The van der Waals surface area contributed by atoms with Crippen molar-refractivity contribution in [2.75, 3.05) is 46.2 Å². The first-order valence-corrected chi connectivity index (χ1v) is 43.4. The van der Waals surface area contributed by atoms with Gasteiger partial charge in [-0.3, -0.25) is 28.8 Å². The fraction of sp³-hybridized carbons (Fsp3) is 0.737. The van der Waals surface area contributed by atoms with Crippen LogP contribution >= 0.6 is 0 Å². The highest BCUT2D eigenvalue weighted by Gasteiger charge is 2.65. The Labute approximate surface area is 702 Å². The molecule has 22 heteroatoms. The van der Waals surface area contributed by atoms with Gasteiger partial charge in [0.05, 0.1) is 75.5 Å². The predicted molar refractivity (Wildman–Crippen MR) is 455 cm³/mol. The smallest absolute Gasteiger partial charge is 0.508 e. The second-order valence-corrected chi connectivity index (χ2v) is 37.7. The van der Waals surface area contributed by atoms with Crippen LogP contribution in [-0.2, 0) is 82.7 Å². The molecule has 8 fully saturated rings. The molecule has 3 heterocycles. The number of phenolic OH excluding ortho intramolecular Hbond substituents is 1. The van der Waals surface area contributed by atoms with Crippen molar-refractivity contribution >= 4 is 42.0 Å². The summed E-state index contributed by atoms with van der Waals surface area (Å²) in [5, 5.41) is 48.6. The average molecular weight is 1650 g/mol. The van der Waals surface area contributed by atoms with Gasteiger partial charge in [0.1, 0.15) is 61.3 Å². The van der Waals surface area contributed by atoms with Crippen molar-refractivity contribution in [1.82, 2.24) is 0 Å². The number of aromatic hydroxyl groups is 2. The molecule has 4 bridgehead atoms. The molecule has 5 aliphatic carbocycles. The van der Waals surface area contributed by atoms with Crippen molar-refractivity contribution in [1.29, 1.82) is 0 Å². The topological polar surface area (TPSA) is 316 Å². The van der Waals surface area contributed by atoms with E-state index in [0.29, 0.717) is 62.0 Å². The van der Waals surface area contributed by atoms with Crippen molar-refractivity contribution in [3.05, 3.63) is 95.1 Å². The fourth-order valence-electron chi connectivity index (χ4n) is 13.4. The third kappa shape index (κ3) is 33.2. The van der Waals surface area contributed by atoms with E-state index >= 15 is 0 Å². The highest BCUT2D eigenvalue weighted by Crippen LogP contribution is 2.61. The van der Waals surface area contributed by atoms with Gasteiger partial charge >= 0.3 is 42.0 Å². The maximum Gasteiger partial charge on any atom is 0.508 e. The molecule has 3 saturated heterocycles. The summed E-state index contributed by atoms with van der Waals surface area (Å²) in [6, 6.07) is 22.6. The number of carbonyl (C=O) groups excluding carboxylic acids is 7. The van der Waals surface area contributed by atoms with Gasteiger partial charge in [-0.05, 0) is 258 Å². The number of aliphatic hydroxyl groups excluding tert-OH is 1. The minimum Gasteiger partial charge on any atom is -0.508 e. The first kappa shape index (κ1) is 104. The SMILES string of the molecule is CCC(C)(C)C(=O)OC(C)c1ccccc1.CCC(C)(C)C(=O)OC12CC3CC(O)(CC(O)(C3)C1)C2.CCC(C)(C)C(=O)OCC1CO1.CCC(C)(C)C(=O)OCC1COC(=O)O1.CCC(C)c1ccc(O)c(CO)c1.CCC(C)c1ccc(O)cc1.CCC1(COC(=O)C(C)(C)CC)COC1.CCC1(OC(=O)C(C)(C)CC)CCCC1. The number of rotatable bonds is 29. The van der Waals surface area contributed by atoms with Gasteiger partial charge in [0.2, 0.25) is 0 Å². The molecule has 8 aliphatic rings. The van der Waals surface area contributed by atoms with E-state index in [0.717, 1.165) is 115 Å². The maximum absolute atomic E-state index is 12.4. The van der Waals surface area contributed by atoms with Crippen molar-refractivity contribution in [2.24, 2.45) is 43.8 Å². The Bertz CT molecular complexity index is 3500. The number of benzene rings is 3. The van der Waals surface area contributed by atoms with Crippen molar-refractivity contribution in [3.8, 4) is 11.5 Å². The van der Waals surface area contributed by atoms with Crippen LogP contribution in [0.5, 0.6) is 11.5 Å². The first-order valence-electron chi connectivity index (χ1n) is 43.4. The zero-order valence-corrected chi connectivity index (χ0v) is 76.4. The number of aliphatic hydroxyl groups is 3. The van der Waals surface area contributed by atoms with Gasteiger partial charge in [0.25, 0.3) is 0 Å². The third-order valence-electron chi connectivity index (χ3n) is 25.4. The Hall–Kier alpha value is -6.85. The molecule has 3 aliphatic heterocycles. The number of hydrogen-bond acceptors (Lipinski definition) is 22. The highest BCUT2D eigenvalue weighted by molar-refractivity contribution is 5.78. The molecular formula is C95H154O22. The highest BCUT2D eigenvalue weighted by atomic mass is 16.8. The molecule has 0 spiro atoms. The predicted octanol–water partition coefficient (Wildman–Crippen LogP) is 20.1. The lowest BCUT2D eigenvalue weighted by atomic mass is 9.50. The Balaban J connectivity index is 0.000000348. The van der Waals surface area contributed by atoms with E-state index in [9.17, 15) is 48.9 Å². The van der Waals surface area contributed by atoms with E-state index < -0.39 is 45.3 Å². The summed E-state index contributed by atoms with van der Waals surface area (Å²) in [6.07, 6.45) is 15.9. The Morgan fingerprint density at radius 2 is 0.940 bits per heavy atom. The number of cyclic esters (lactones) is 2. The van der Waals surface area contributed by atoms with Crippen LogP contribution in [-0.4, -0.2) is 148 Å². The van der Waals surface area contributed by atoms with Gasteiger partial charge in [-0.2, -0.15) is 0 Å². The lowest BCUT2D eigenvalue weighted by Crippen LogP contribution is -2.67. The van der Waals surface area contributed by atoms with Crippen LogP contribution in [0.15, 0.2) is 72.8 Å². The van der Waals surface area contributed by atoms with Crippen LogP contribution in [0, 0.1) is 43.8 Å². The summed E-state index contributed by atoms with van der Waals surface area (Å²) in [5.41, 5.74) is -0.707. The van der Waals surface area contributed by atoms with E-state index in [4.69, 9.17) is 52.8 Å². The zero-order chi connectivity index (χ0) is 88.8. The second kappa shape index (κ2) is 46.2. The molecule has 22 nitrogen and oxygen atoms in total. The number of carbonyl (C=O) groups is 7. The van der Waals surface area contributed by atoms with Crippen LogP contribution < -0.4 is 0 Å². The quantitative estimate of drug-likeness (QED) is 0.0245. The van der Waals surface area contributed by atoms with Crippen LogP contribution in [0.25, 0.3) is 0 Å². The minimum atomic E-state index is -0.842. The summed E-state index contributed by atoms with van der Waals surface area (Å²) < 4.78 is 52.0. The number of ether oxygens (including phenoxy) is 10. The van der Waals surface area contributed by atoms with Gasteiger partial charge in [0, 0.05) is 24.8 Å². The fourth-order valence-corrected chi connectivity index (χ4v) is 13.4. The number of phenols is 2. The van der Waals surface area contributed by atoms with Crippen LogP contribution in [0.4, 0.5) is 4.79 Å². The van der Waals surface area contributed by atoms with Gasteiger partial charge in [-0.15, -0.1) is 0 Å². The van der Waals surface area contributed by atoms with E-state index in [1.165, 1.54) is 24.0 Å². The second-order valence-electron chi connectivity index (χ2n) is 37.7. The molecule has 7 unspecified atom stereocenters. The molecule has 5 N–H and O–H groups in total. The van der Waals surface area contributed by atoms with Crippen molar-refractivity contribution in [3.63, 3.8) is 0 Å². The lowest BCUT2D eigenvalue weighted by Gasteiger charge is -2.62. The molecule has 11 rings (SSSR count). The van der Waals surface area contributed by atoms with Gasteiger partial charge < -0.3 is 72.9 Å². The molecule has 117 heavy (non-hydrogen) atoms. The van der Waals surface area contributed by atoms with Crippen LogP contribution in [0.1, 0.15) is 342 Å². The third-order valence-corrected chi connectivity index (χ3v) is 25.4. The number of esters is 6. The maximum atomic E-state index is 12.4. The zero-order valence-electron chi connectivity index (χ0n) is 76.4. The van der Waals surface area contributed by atoms with E-state index in [1.54, 1.807) is 18.2 Å². The van der Waals surface area contributed by atoms with Gasteiger partial charge in [0.15, 0.2) is 6.10 Å². The number of epoxide rings is 1. The van der Waals surface area contributed by atoms with E-state index in [1.807, 2.05) is 186 Å². The standard InChI is InChI=1S/C16H26O4.C14H20O2.C13H24O2.C12H22O3.C11H16O2.C10H16O5.C10H14O.C9H16O3/c1-4-13(2,3)12(17)20-16-7-11-5-14(18,9-16)8-15(19,6-11)10-16;1-5-14(3,4)13(15)16-11(2)12-9-7-6-8-10-12;1-5-12(3,4)11(14)15-13(6-2)9-7-8-10-13;1-5-11(3,4)10(13)15-9-12(6-2)7-14-8-12;1-3-8(2)9-4-5-11(13)10(6-9)7-12;1-4-10(2,3)8(11)13-5-7-6-14-9(12)15-7;1-3-8(2)9-4-6-10(11)7-5-9;1-4-9(2,3)8(10)12-6-7-5-11-7/h11,18-19H,4-10H2,1-3H3;6-11H,5H2,1-4H3;5-10H2,1-4H3;5-9H2,1-4H3;4-6,8,12-13H,3,7H2,1-2H3;7H,4-6H2,1-3H3;4-8,11H,3H2,1-2H3;7H,4-6H2,1-3H3. The number of hydrogen-bond donors (Lipinski definition) is 5. The minimum absolute atomic E-state index is 0.0197. The molecular weight excluding hydrogens is 1490 g/mol. The van der Waals surface area contributed by atoms with Crippen molar-refractivity contribution < 1.29 is 106 Å². The normalized spacial score (nSPS) is 22.4. The molecule has 0 radical (unpaired) electrons. The Morgan fingerprint density at radius 3 is 1.34 bits per heavy atom. The van der Waals surface area contributed by atoms with E-state index in [-0.39, 0.29) is 107 Å². The summed E-state index contributed by atoms with van der Waals surface area (Å²) in [4.78, 5) is 81.4. The Kier molecular flexibility index (Phi) is 41.2. The summed E-state index contributed by atoms with van der Waals surface area (Å²) in [6.45, 7) is 52.7. The van der Waals surface area contributed by atoms with Gasteiger partial charge in [-0.25, -0.2) is 4.79 Å². The largest absolute Gasteiger partial charge is 0.508 e. The van der Waals surface area contributed by atoms with Crippen molar-refractivity contribution in [2.45, 2.75) is 361 Å². The van der Waals surface area contributed by atoms with Gasteiger partial charge in [-0.1, -0.05) is 132 Å². The Morgan fingerprint density at radius 1 is 0.504 bits per heavy atom.